The molecule has 1 aromatic carbocycles. The van der Waals surface area contributed by atoms with E-state index >= 15 is 0 Å². The van der Waals surface area contributed by atoms with Gasteiger partial charge in [-0.25, -0.2) is 4.79 Å². The van der Waals surface area contributed by atoms with Gasteiger partial charge in [0.15, 0.2) is 0 Å². The monoisotopic (exact) mass is 296 g/mol. The summed E-state index contributed by atoms with van der Waals surface area (Å²) in [7, 11) is 0. The fourth-order valence-corrected chi connectivity index (χ4v) is 2.51. The Morgan fingerprint density at radius 2 is 1.95 bits per heavy atom. The van der Waals surface area contributed by atoms with Gasteiger partial charge in [-0.1, -0.05) is 29.8 Å². The van der Waals surface area contributed by atoms with Gasteiger partial charge in [0.05, 0.1) is 6.42 Å². The van der Waals surface area contributed by atoms with Gasteiger partial charge in [-0.2, -0.15) is 0 Å². The highest BCUT2D eigenvalue weighted by Gasteiger charge is 2.45. The molecule has 1 aliphatic carbocycles. The number of hydrogen-bond donors (Lipinski definition) is 3. The zero-order valence-electron chi connectivity index (χ0n) is 11.0. The summed E-state index contributed by atoms with van der Waals surface area (Å²) in [5.74, 6) is -0.931. The van der Waals surface area contributed by atoms with Crippen LogP contribution in [-0.4, -0.2) is 30.2 Å². The lowest BCUT2D eigenvalue weighted by molar-refractivity contribution is -0.136. The molecule has 1 saturated carbocycles. The van der Waals surface area contributed by atoms with Crippen LogP contribution >= 0.6 is 11.6 Å². The van der Waals surface area contributed by atoms with E-state index in [-0.39, 0.29) is 24.4 Å². The number of halogens is 1. The van der Waals surface area contributed by atoms with Crippen LogP contribution in [0.2, 0.25) is 5.02 Å². The maximum Gasteiger partial charge on any atom is 0.314 e. The molecule has 6 heteroatoms. The number of carbonyl (C=O) groups is 2. The van der Waals surface area contributed by atoms with Crippen LogP contribution in [-0.2, 0) is 10.2 Å². The number of aliphatic carboxylic acids is 1. The molecule has 0 radical (unpaired) electrons. The fourth-order valence-electron chi connectivity index (χ4n) is 2.18. The second-order valence-electron chi connectivity index (χ2n) is 5.01. The number of urea groups is 1. The van der Waals surface area contributed by atoms with Gasteiger partial charge in [-0.3, -0.25) is 4.79 Å². The van der Waals surface area contributed by atoms with Crippen molar-refractivity contribution in [3.63, 3.8) is 0 Å². The van der Waals surface area contributed by atoms with E-state index in [0.29, 0.717) is 6.54 Å². The average molecular weight is 297 g/mol. The van der Waals surface area contributed by atoms with Gasteiger partial charge in [0.25, 0.3) is 0 Å². The Balaban J connectivity index is 1.83. The fraction of sp³-hybridized carbons (Fsp3) is 0.429. The standard InChI is InChI=1S/C14H17ClN2O3/c15-11-4-2-1-3-10(11)14(6-7-14)9-17-13(20)16-8-5-12(18)19/h1-4H,5-9H2,(H,18,19)(H2,16,17,20). The molecule has 1 aliphatic rings. The Bertz CT molecular complexity index is 515. The van der Waals surface area contributed by atoms with Crippen molar-refractivity contribution in [3.8, 4) is 0 Å². The van der Waals surface area contributed by atoms with Crippen molar-refractivity contribution >= 4 is 23.6 Å². The van der Waals surface area contributed by atoms with E-state index in [1.54, 1.807) is 0 Å². The van der Waals surface area contributed by atoms with Crippen LogP contribution in [0, 0.1) is 0 Å². The van der Waals surface area contributed by atoms with Crippen molar-refractivity contribution in [3.05, 3.63) is 34.9 Å². The first-order chi connectivity index (χ1) is 9.53. The van der Waals surface area contributed by atoms with Crippen LogP contribution in [0.4, 0.5) is 4.79 Å². The molecular weight excluding hydrogens is 280 g/mol. The summed E-state index contributed by atoms with van der Waals surface area (Å²) in [5, 5.41) is 14.5. The van der Waals surface area contributed by atoms with Crippen molar-refractivity contribution < 1.29 is 14.7 Å². The lowest BCUT2D eigenvalue weighted by Crippen LogP contribution is -2.40. The van der Waals surface area contributed by atoms with E-state index in [0.717, 1.165) is 23.4 Å². The highest BCUT2D eigenvalue weighted by Crippen LogP contribution is 2.49. The van der Waals surface area contributed by atoms with Gasteiger partial charge in [0, 0.05) is 23.5 Å². The lowest BCUT2D eigenvalue weighted by Gasteiger charge is -2.18. The molecule has 0 aliphatic heterocycles. The highest BCUT2D eigenvalue weighted by molar-refractivity contribution is 6.31. The van der Waals surface area contributed by atoms with Gasteiger partial charge in [-0.05, 0) is 24.5 Å². The summed E-state index contributed by atoms with van der Waals surface area (Å²) in [6.45, 7) is 0.635. The molecule has 0 atom stereocenters. The molecule has 0 spiro atoms. The highest BCUT2D eigenvalue weighted by atomic mass is 35.5. The first kappa shape index (κ1) is 14.7. The number of rotatable bonds is 6. The number of amides is 2. The van der Waals surface area contributed by atoms with Crippen LogP contribution < -0.4 is 10.6 Å². The van der Waals surface area contributed by atoms with E-state index < -0.39 is 5.97 Å². The molecule has 108 valence electrons. The second-order valence-corrected chi connectivity index (χ2v) is 5.42. The van der Waals surface area contributed by atoms with Crippen LogP contribution in [0.3, 0.4) is 0 Å². The summed E-state index contributed by atoms with van der Waals surface area (Å²) in [6, 6.07) is 7.32. The van der Waals surface area contributed by atoms with Crippen molar-refractivity contribution in [2.45, 2.75) is 24.7 Å². The summed E-state index contributed by atoms with van der Waals surface area (Å²) in [5.41, 5.74) is 0.996. The number of nitrogens with one attached hydrogen (secondary N) is 2. The third kappa shape index (κ3) is 3.63. The third-order valence-electron chi connectivity index (χ3n) is 3.51. The smallest absolute Gasteiger partial charge is 0.314 e. The third-order valence-corrected chi connectivity index (χ3v) is 3.84. The van der Waals surface area contributed by atoms with Crippen LogP contribution in [0.1, 0.15) is 24.8 Å². The molecule has 0 bridgehead atoms. The van der Waals surface area contributed by atoms with E-state index in [1.165, 1.54) is 0 Å². The molecule has 3 N–H and O–H groups in total. The molecule has 5 nitrogen and oxygen atoms in total. The topological polar surface area (TPSA) is 78.4 Å². The van der Waals surface area contributed by atoms with Gasteiger partial charge in [-0.15, -0.1) is 0 Å². The van der Waals surface area contributed by atoms with Crippen LogP contribution in [0.25, 0.3) is 0 Å². The maximum absolute atomic E-state index is 11.6. The van der Waals surface area contributed by atoms with Crippen molar-refractivity contribution in [1.82, 2.24) is 10.6 Å². The SMILES string of the molecule is O=C(O)CCNC(=O)NCC1(c2ccccc2Cl)CC1. The van der Waals surface area contributed by atoms with Gasteiger partial charge < -0.3 is 15.7 Å². The summed E-state index contributed by atoms with van der Waals surface area (Å²) in [6.07, 6.45) is 1.90. The number of benzene rings is 1. The van der Waals surface area contributed by atoms with E-state index in [2.05, 4.69) is 10.6 Å². The van der Waals surface area contributed by atoms with Gasteiger partial charge in [0.1, 0.15) is 0 Å². The first-order valence-corrected chi connectivity index (χ1v) is 6.90. The molecule has 1 fully saturated rings. The molecule has 0 unspecified atom stereocenters. The van der Waals surface area contributed by atoms with Gasteiger partial charge in [0.2, 0.25) is 0 Å². The van der Waals surface area contributed by atoms with Crippen LogP contribution in [0.15, 0.2) is 24.3 Å². The van der Waals surface area contributed by atoms with E-state index in [4.69, 9.17) is 16.7 Å². The van der Waals surface area contributed by atoms with Crippen molar-refractivity contribution in [2.24, 2.45) is 0 Å². The van der Waals surface area contributed by atoms with Crippen molar-refractivity contribution in [1.29, 1.82) is 0 Å². The zero-order valence-corrected chi connectivity index (χ0v) is 11.7. The predicted molar refractivity (Wildman–Crippen MR) is 76.0 cm³/mol. The second kappa shape index (κ2) is 6.13. The summed E-state index contributed by atoms with van der Waals surface area (Å²) >= 11 is 6.19. The number of carboxylic acid groups (broad SMARTS) is 1. The first-order valence-electron chi connectivity index (χ1n) is 6.52. The zero-order chi connectivity index (χ0) is 14.6. The Morgan fingerprint density at radius 1 is 1.25 bits per heavy atom. The molecule has 0 saturated heterocycles. The number of hydrogen-bond acceptors (Lipinski definition) is 2. The molecule has 0 aromatic heterocycles. The normalized spacial score (nSPS) is 15.4. The Hall–Kier alpha value is -1.75. The number of carbonyl (C=O) groups excluding carboxylic acids is 1. The Kier molecular flexibility index (Phi) is 4.49. The van der Waals surface area contributed by atoms with Gasteiger partial charge >= 0.3 is 12.0 Å². The summed E-state index contributed by atoms with van der Waals surface area (Å²) < 4.78 is 0. The lowest BCUT2D eigenvalue weighted by atomic mass is 9.96. The molecule has 1 aromatic rings. The minimum atomic E-state index is -0.931. The maximum atomic E-state index is 11.6. The average Bonchev–Trinajstić information content (AvgIpc) is 3.17. The Labute approximate surface area is 122 Å². The minimum Gasteiger partial charge on any atom is -0.481 e. The van der Waals surface area contributed by atoms with E-state index in [9.17, 15) is 9.59 Å². The molecule has 2 rings (SSSR count). The molecule has 2 amide bonds. The molecular formula is C14H17ClN2O3. The minimum absolute atomic E-state index is 0.0670. The Morgan fingerprint density at radius 3 is 2.55 bits per heavy atom. The van der Waals surface area contributed by atoms with Crippen molar-refractivity contribution in [2.75, 3.05) is 13.1 Å². The van der Waals surface area contributed by atoms with E-state index in [1.807, 2.05) is 24.3 Å². The predicted octanol–water partition coefficient (Wildman–Crippen LogP) is 2.15. The molecule has 20 heavy (non-hydrogen) atoms. The quantitative estimate of drug-likeness (QED) is 0.752. The summed E-state index contributed by atoms with van der Waals surface area (Å²) in [4.78, 5) is 21.9. The molecule has 0 heterocycles. The van der Waals surface area contributed by atoms with Crippen LogP contribution in [0.5, 0.6) is 0 Å². The number of carboxylic acids is 1. The largest absolute Gasteiger partial charge is 0.481 e.